The summed E-state index contributed by atoms with van der Waals surface area (Å²) in [5.74, 6) is 0.717. The number of nitro benzene ring substituents is 1. The highest BCUT2D eigenvalue weighted by Crippen LogP contribution is 2.28. The Balaban J connectivity index is 2.22. The van der Waals surface area contributed by atoms with Gasteiger partial charge in [0.15, 0.2) is 0 Å². The first-order valence-corrected chi connectivity index (χ1v) is 7.12. The van der Waals surface area contributed by atoms with Crippen LogP contribution in [0.25, 0.3) is 0 Å². The molecule has 0 atom stereocenters. The van der Waals surface area contributed by atoms with Crippen molar-refractivity contribution in [3.63, 3.8) is 0 Å². The molecule has 0 heterocycles. The quantitative estimate of drug-likeness (QED) is 0.645. The summed E-state index contributed by atoms with van der Waals surface area (Å²) in [5.41, 5.74) is 2.60. The molecule has 2 aromatic rings. The normalized spacial score (nSPS) is 10.2. The van der Waals surface area contributed by atoms with Crippen LogP contribution < -0.4 is 10.1 Å². The highest BCUT2D eigenvalue weighted by molar-refractivity contribution is 9.10. The van der Waals surface area contributed by atoms with E-state index in [2.05, 4.69) is 21.2 Å². The number of methoxy groups -OCH3 is 1. The lowest BCUT2D eigenvalue weighted by atomic mass is 10.1. The van der Waals surface area contributed by atoms with Crippen LogP contribution in [-0.4, -0.2) is 12.0 Å². The van der Waals surface area contributed by atoms with Crippen LogP contribution in [0.3, 0.4) is 0 Å². The molecule has 0 amide bonds. The number of rotatable bonds is 5. The second kappa shape index (κ2) is 6.58. The van der Waals surface area contributed by atoms with Crippen molar-refractivity contribution in [2.75, 3.05) is 12.4 Å². The van der Waals surface area contributed by atoms with Gasteiger partial charge in [-0.05, 0) is 36.8 Å². The topological polar surface area (TPSA) is 64.4 Å². The van der Waals surface area contributed by atoms with Crippen LogP contribution in [0.4, 0.5) is 11.4 Å². The monoisotopic (exact) mass is 350 g/mol. The van der Waals surface area contributed by atoms with Gasteiger partial charge in [-0.25, -0.2) is 0 Å². The van der Waals surface area contributed by atoms with Gasteiger partial charge >= 0.3 is 0 Å². The first-order chi connectivity index (χ1) is 10.0. The zero-order chi connectivity index (χ0) is 15.4. The lowest BCUT2D eigenvalue weighted by Crippen LogP contribution is -2.04. The van der Waals surface area contributed by atoms with Crippen LogP contribution in [0.5, 0.6) is 5.75 Å². The van der Waals surface area contributed by atoms with Crippen molar-refractivity contribution >= 4 is 27.3 Å². The van der Waals surface area contributed by atoms with Crippen LogP contribution in [-0.2, 0) is 6.54 Å². The predicted octanol–water partition coefficient (Wildman–Crippen LogP) is 4.29. The minimum absolute atomic E-state index is 0.0861. The molecule has 5 nitrogen and oxygen atoms in total. The Hall–Kier alpha value is -2.08. The van der Waals surface area contributed by atoms with Gasteiger partial charge in [-0.1, -0.05) is 22.0 Å². The Morgan fingerprint density at radius 1 is 1.29 bits per heavy atom. The molecule has 0 saturated heterocycles. The van der Waals surface area contributed by atoms with Gasteiger partial charge in [0, 0.05) is 22.6 Å². The molecule has 21 heavy (non-hydrogen) atoms. The maximum absolute atomic E-state index is 11.1. The molecule has 6 heteroatoms. The van der Waals surface area contributed by atoms with Gasteiger partial charge in [-0.3, -0.25) is 10.1 Å². The SMILES string of the molecule is COc1cc(C)ccc1NCc1ccc(Br)cc1[N+](=O)[O-]. The van der Waals surface area contributed by atoms with E-state index < -0.39 is 0 Å². The van der Waals surface area contributed by atoms with E-state index in [1.165, 1.54) is 6.07 Å². The molecule has 0 aliphatic carbocycles. The Bertz CT molecular complexity index is 674. The molecule has 0 bridgehead atoms. The molecule has 0 unspecified atom stereocenters. The number of nitrogens with one attached hydrogen (secondary N) is 1. The second-order valence-electron chi connectivity index (χ2n) is 4.59. The van der Waals surface area contributed by atoms with E-state index in [0.29, 0.717) is 16.6 Å². The third-order valence-electron chi connectivity index (χ3n) is 3.07. The number of nitrogens with zero attached hydrogens (tertiary/aromatic N) is 1. The largest absolute Gasteiger partial charge is 0.495 e. The van der Waals surface area contributed by atoms with E-state index in [-0.39, 0.29) is 10.6 Å². The fourth-order valence-electron chi connectivity index (χ4n) is 1.99. The smallest absolute Gasteiger partial charge is 0.275 e. The van der Waals surface area contributed by atoms with E-state index >= 15 is 0 Å². The summed E-state index contributed by atoms with van der Waals surface area (Å²) < 4.78 is 5.99. The van der Waals surface area contributed by atoms with Crippen LogP contribution in [0.1, 0.15) is 11.1 Å². The molecule has 0 spiro atoms. The number of benzene rings is 2. The molecule has 0 aromatic heterocycles. The fraction of sp³-hybridized carbons (Fsp3) is 0.200. The molecule has 2 aromatic carbocycles. The molecule has 110 valence electrons. The first kappa shape index (κ1) is 15.3. The summed E-state index contributed by atoms with van der Waals surface area (Å²) in [6.45, 7) is 2.33. The Kier molecular flexibility index (Phi) is 4.80. The summed E-state index contributed by atoms with van der Waals surface area (Å²) >= 11 is 3.25. The van der Waals surface area contributed by atoms with Gasteiger partial charge in [-0.15, -0.1) is 0 Å². The molecule has 2 rings (SSSR count). The minimum Gasteiger partial charge on any atom is -0.495 e. The van der Waals surface area contributed by atoms with Crippen LogP contribution in [0, 0.1) is 17.0 Å². The number of hydrogen-bond acceptors (Lipinski definition) is 4. The van der Waals surface area contributed by atoms with Crippen molar-refractivity contribution in [3.8, 4) is 5.75 Å². The third-order valence-corrected chi connectivity index (χ3v) is 3.56. The number of nitro groups is 1. The maximum Gasteiger partial charge on any atom is 0.275 e. The number of ether oxygens (including phenoxy) is 1. The number of halogens is 1. The van der Waals surface area contributed by atoms with Crippen LogP contribution in [0.15, 0.2) is 40.9 Å². The summed E-state index contributed by atoms with van der Waals surface area (Å²) in [6.07, 6.45) is 0. The van der Waals surface area contributed by atoms with Crippen molar-refractivity contribution in [1.82, 2.24) is 0 Å². The number of hydrogen-bond donors (Lipinski definition) is 1. The average molecular weight is 351 g/mol. The summed E-state index contributed by atoms with van der Waals surface area (Å²) in [4.78, 5) is 10.7. The standard InChI is InChI=1S/C15H15BrN2O3/c1-10-3-6-13(15(7-10)21-2)17-9-11-4-5-12(16)8-14(11)18(19)20/h3-8,17H,9H2,1-2H3. The maximum atomic E-state index is 11.1. The molecule has 0 aliphatic rings. The summed E-state index contributed by atoms with van der Waals surface area (Å²) in [6, 6.07) is 10.8. The van der Waals surface area contributed by atoms with E-state index in [9.17, 15) is 10.1 Å². The molecule has 0 radical (unpaired) electrons. The first-order valence-electron chi connectivity index (χ1n) is 6.32. The van der Waals surface area contributed by atoms with Crippen molar-refractivity contribution in [2.45, 2.75) is 13.5 Å². The van der Waals surface area contributed by atoms with Crippen molar-refractivity contribution in [2.24, 2.45) is 0 Å². The lowest BCUT2D eigenvalue weighted by molar-refractivity contribution is -0.385. The summed E-state index contributed by atoms with van der Waals surface area (Å²) in [7, 11) is 1.60. The van der Waals surface area contributed by atoms with Gasteiger partial charge < -0.3 is 10.1 Å². The second-order valence-corrected chi connectivity index (χ2v) is 5.50. The minimum atomic E-state index is -0.381. The highest BCUT2D eigenvalue weighted by Gasteiger charge is 2.14. The van der Waals surface area contributed by atoms with Gasteiger partial charge in [0.1, 0.15) is 5.75 Å². The van der Waals surface area contributed by atoms with E-state index in [1.54, 1.807) is 19.2 Å². The number of aryl methyl sites for hydroxylation is 1. The lowest BCUT2D eigenvalue weighted by Gasteiger charge is -2.12. The highest BCUT2D eigenvalue weighted by atomic mass is 79.9. The van der Waals surface area contributed by atoms with E-state index in [4.69, 9.17) is 4.74 Å². The van der Waals surface area contributed by atoms with E-state index in [0.717, 1.165) is 17.0 Å². The Morgan fingerprint density at radius 2 is 2.05 bits per heavy atom. The molecule has 0 fully saturated rings. The van der Waals surface area contributed by atoms with Crippen LogP contribution >= 0.6 is 15.9 Å². The molecule has 0 aliphatic heterocycles. The summed E-state index contributed by atoms with van der Waals surface area (Å²) in [5, 5.41) is 14.3. The average Bonchev–Trinajstić information content (AvgIpc) is 2.46. The number of anilines is 1. The Labute approximate surface area is 131 Å². The molecule has 1 N–H and O–H groups in total. The van der Waals surface area contributed by atoms with Crippen molar-refractivity contribution < 1.29 is 9.66 Å². The molecular weight excluding hydrogens is 336 g/mol. The zero-order valence-corrected chi connectivity index (χ0v) is 13.3. The Morgan fingerprint density at radius 3 is 2.71 bits per heavy atom. The fourth-order valence-corrected chi connectivity index (χ4v) is 2.34. The zero-order valence-electron chi connectivity index (χ0n) is 11.7. The van der Waals surface area contributed by atoms with Gasteiger partial charge in [0.2, 0.25) is 0 Å². The molecule has 0 saturated carbocycles. The third kappa shape index (κ3) is 3.72. The van der Waals surface area contributed by atoms with E-state index in [1.807, 2.05) is 25.1 Å². The molecular formula is C15H15BrN2O3. The van der Waals surface area contributed by atoms with Gasteiger partial charge in [0.05, 0.1) is 17.7 Å². The van der Waals surface area contributed by atoms with Gasteiger partial charge in [0.25, 0.3) is 5.69 Å². The van der Waals surface area contributed by atoms with Gasteiger partial charge in [-0.2, -0.15) is 0 Å². The van der Waals surface area contributed by atoms with Crippen molar-refractivity contribution in [1.29, 1.82) is 0 Å². The van der Waals surface area contributed by atoms with Crippen molar-refractivity contribution in [3.05, 3.63) is 62.1 Å². The van der Waals surface area contributed by atoms with Crippen LogP contribution in [0.2, 0.25) is 0 Å². The predicted molar refractivity (Wildman–Crippen MR) is 85.9 cm³/mol.